The van der Waals surface area contributed by atoms with Crippen LogP contribution in [0.25, 0.3) is 10.9 Å². The SMILES string of the molecule is CCc1nccn1Cc1ccc(N)c2cccnc12. The lowest BCUT2D eigenvalue weighted by atomic mass is 10.1. The van der Waals surface area contributed by atoms with E-state index in [1.807, 2.05) is 36.7 Å². The number of rotatable bonds is 3. The van der Waals surface area contributed by atoms with Gasteiger partial charge in [-0.05, 0) is 23.8 Å². The van der Waals surface area contributed by atoms with Crippen LogP contribution in [0, 0.1) is 0 Å². The number of anilines is 1. The molecule has 0 saturated carbocycles. The van der Waals surface area contributed by atoms with E-state index in [4.69, 9.17) is 5.73 Å². The first-order valence-electron chi connectivity index (χ1n) is 6.41. The number of aryl methyl sites for hydroxylation is 1. The summed E-state index contributed by atoms with van der Waals surface area (Å²) in [6.45, 7) is 2.88. The highest BCUT2D eigenvalue weighted by Gasteiger charge is 2.07. The molecular weight excluding hydrogens is 236 g/mol. The van der Waals surface area contributed by atoms with Crippen LogP contribution in [0.2, 0.25) is 0 Å². The van der Waals surface area contributed by atoms with Crippen molar-refractivity contribution in [2.45, 2.75) is 19.9 Å². The Hall–Kier alpha value is -2.36. The Morgan fingerprint density at radius 3 is 2.89 bits per heavy atom. The Morgan fingerprint density at radius 2 is 2.05 bits per heavy atom. The summed E-state index contributed by atoms with van der Waals surface area (Å²) in [6.07, 6.45) is 6.57. The average Bonchev–Trinajstić information content (AvgIpc) is 2.89. The number of imidazole rings is 1. The maximum Gasteiger partial charge on any atom is 0.108 e. The van der Waals surface area contributed by atoms with Crippen LogP contribution in [0.3, 0.4) is 0 Å². The molecule has 2 aromatic heterocycles. The number of nitrogen functional groups attached to an aromatic ring is 1. The molecule has 3 aromatic rings. The van der Waals surface area contributed by atoms with Crippen molar-refractivity contribution in [2.24, 2.45) is 0 Å². The maximum atomic E-state index is 6.00. The second-order valence-electron chi connectivity index (χ2n) is 4.54. The third kappa shape index (κ3) is 2.05. The van der Waals surface area contributed by atoms with E-state index < -0.39 is 0 Å². The van der Waals surface area contributed by atoms with Gasteiger partial charge in [-0.25, -0.2) is 4.98 Å². The molecule has 19 heavy (non-hydrogen) atoms. The van der Waals surface area contributed by atoms with Crippen LogP contribution >= 0.6 is 0 Å². The number of hydrogen-bond donors (Lipinski definition) is 1. The normalized spacial score (nSPS) is 11.0. The van der Waals surface area contributed by atoms with E-state index in [-0.39, 0.29) is 0 Å². The predicted octanol–water partition coefficient (Wildman–Crippen LogP) is 2.62. The van der Waals surface area contributed by atoms with Crippen molar-refractivity contribution in [2.75, 3.05) is 5.73 Å². The van der Waals surface area contributed by atoms with Gasteiger partial charge in [-0.3, -0.25) is 4.98 Å². The number of pyridine rings is 1. The summed E-state index contributed by atoms with van der Waals surface area (Å²) < 4.78 is 2.15. The molecule has 0 atom stereocenters. The van der Waals surface area contributed by atoms with Gasteiger partial charge in [-0.1, -0.05) is 13.0 Å². The molecule has 96 valence electrons. The number of fused-ring (bicyclic) bond motifs is 1. The summed E-state index contributed by atoms with van der Waals surface area (Å²) in [5.41, 5.74) is 8.90. The van der Waals surface area contributed by atoms with Crippen LogP contribution in [-0.2, 0) is 13.0 Å². The largest absolute Gasteiger partial charge is 0.398 e. The maximum absolute atomic E-state index is 6.00. The van der Waals surface area contributed by atoms with Crippen LogP contribution in [0.15, 0.2) is 42.9 Å². The topological polar surface area (TPSA) is 56.7 Å². The van der Waals surface area contributed by atoms with E-state index in [0.29, 0.717) is 0 Å². The zero-order chi connectivity index (χ0) is 13.2. The van der Waals surface area contributed by atoms with Gasteiger partial charge in [-0.2, -0.15) is 0 Å². The van der Waals surface area contributed by atoms with Gasteiger partial charge in [0.15, 0.2) is 0 Å². The first-order chi connectivity index (χ1) is 9.29. The van der Waals surface area contributed by atoms with Crippen molar-refractivity contribution in [1.29, 1.82) is 0 Å². The van der Waals surface area contributed by atoms with Crippen molar-refractivity contribution in [1.82, 2.24) is 14.5 Å². The molecule has 0 aliphatic rings. The first-order valence-corrected chi connectivity index (χ1v) is 6.41. The average molecular weight is 252 g/mol. The molecule has 0 aliphatic carbocycles. The predicted molar refractivity (Wildman–Crippen MR) is 76.9 cm³/mol. The minimum atomic E-state index is 0.771. The van der Waals surface area contributed by atoms with E-state index in [0.717, 1.165) is 40.9 Å². The van der Waals surface area contributed by atoms with E-state index in [2.05, 4.69) is 21.5 Å². The summed E-state index contributed by atoms with van der Waals surface area (Å²) >= 11 is 0. The summed E-state index contributed by atoms with van der Waals surface area (Å²) in [4.78, 5) is 8.81. The van der Waals surface area contributed by atoms with Gasteiger partial charge < -0.3 is 10.3 Å². The molecule has 0 unspecified atom stereocenters. The molecule has 0 amide bonds. The fourth-order valence-electron chi connectivity index (χ4n) is 2.36. The second-order valence-corrected chi connectivity index (χ2v) is 4.54. The Morgan fingerprint density at radius 1 is 1.16 bits per heavy atom. The van der Waals surface area contributed by atoms with Crippen molar-refractivity contribution in [3.63, 3.8) is 0 Å². The number of nitrogens with zero attached hydrogens (tertiary/aromatic N) is 3. The van der Waals surface area contributed by atoms with Crippen LogP contribution < -0.4 is 5.73 Å². The van der Waals surface area contributed by atoms with E-state index in [1.165, 1.54) is 0 Å². The lowest BCUT2D eigenvalue weighted by molar-refractivity contribution is 0.735. The Kier molecular flexibility index (Phi) is 2.91. The minimum absolute atomic E-state index is 0.771. The summed E-state index contributed by atoms with van der Waals surface area (Å²) in [6, 6.07) is 7.92. The van der Waals surface area contributed by atoms with Gasteiger partial charge in [0, 0.05) is 36.1 Å². The second kappa shape index (κ2) is 4.72. The first kappa shape index (κ1) is 11.7. The van der Waals surface area contributed by atoms with Gasteiger partial charge in [0.05, 0.1) is 12.1 Å². The Bertz CT molecular complexity index is 715. The molecule has 0 fully saturated rings. The van der Waals surface area contributed by atoms with Gasteiger partial charge >= 0.3 is 0 Å². The molecule has 1 aromatic carbocycles. The van der Waals surface area contributed by atoms with Crippen molar-refractivity contribution in [3.8, 4) is 0 Å². The third-order valence-corrected chi connectivity index (χ3v) is 3.35. The zero-order valence-electron chi connectivity index (χ0n) is 10.9. The molecule has 0 spiro atoms. The summed E-state index contributed by atoms with van der Waals surface area (Å²) in [5, 5.41) is 1.01. The van der Waals surface area contributed by atoms with Gasteiger partial charge in [0.1, 0.15) is 5.82 Å². The summed E-state index contributed by atoms with van der Waals surface area (Å²) in [7, 11) is 0. The molecule has 0 radical (unpaired) electrons. The lowest BCUT2D eigenvalue weighted by Gasteiger charge is -2.10. The Balaban J connectivity index is 2.09. The molecule has 3 rings (SSSR count). The monoisotopic (exact) mass is 252 g/mol. The van der Waals surface area contributed by atoms with Crippen molar-refractivity contribution < 1.29 is 0 Å². The van der Waals surface area contributed by atoms with E-state index in [9.17, 15) is 0 Å². The molecule has 0 aliphatic heterocycles. The van der Waals surface area contributed by atoms with E-state index in [1.54, 1.807) is 6.20 Å². The van der Waals surface area contributed by atoms with Crippen LogP contribution in [0.1, 0.15) is 18.3 Å². The van der Waals surface area contributed by atoms with Crippen LogP contribution in [0.5, 0.6) is 0 Å². The highest BCUT2D eigenvalue weighted by Crippen LogP contribution is 2.23. The smallest absolute Gasteiger partial charge is 0.108 e. The number of benzene rings is 1. The molecule has 4 nitrogen and oxygen atoms in total. The van der Waals surface area contributed by atoms with E-state index >= 15 is 0 Å². The molecule has 0 saturated heterocycles. The molecule has 0 bridgehead atoms. The molecular formula is C15H16N4. The van der Waals surface area contributed by atoms with Crippen LogP contribution in [0.4, 0.5) is 5.69 Å². The van der Waals surface area contributed by atoms with Gasteiger partial charge in [0.25, 0.3) is 0 Å². The fraction of sp³-hybridized carbons (Fsp3) is 0.200. The fourth-order valence-corrected chi connectivity index (χ4v) is 2.36. The quantitative estimate of drug-likeness (QED) is 0.729. The highest BCUT2D eigenvalue weighted by molar-refractivity contribution is 5.92. The Labute approximate surface area is 111 Å². The van der Waals surface area contributed by atoms with Gasteiger partial charge in [-0.15, -0.1) is 0 Å². The van der Waals surface area contributed by atoms with Gasteiger partial charge in [0.2, 0.25) is 0 Å². The zero-order valence-corrected chi connectivity index (χ0v) is 10.9. The third-order valence-electron chi connectivity index (χ3n) is 3.35. The molecule has 2 N–H and O–H groups in total. The molecule has 4 heteroatoms. The number of hydrogen-bond acceptors (Lipinski definition) is 3. The number of aromatic nitrogens is 3. The summed E-state index contributed by atoms with van der Waals surface area (Å²) in [5.74, 6) is 1.08. The van der Waals surface area contributed by atoms with Crippen molar-refractivity contribution in [3.05, 3.63) is 54.2 Å². The highest BCUT2D eigenvalue weighted by atomic mass is 15.1. The lowest BCUT2D eigenvalue weighted by Crippen LogP contribution is -2.05. The molecule has 2 heterocycles. The van der Waals surface area contributed by atoms with Crippen LogP contribution in [-0.4, -0.2) is 14.5 Å². The number of nitrogens with two attached hydrogens (primary N) is 1. The van der Waals surface area contributed by atoms with Crippen molar-refractivity contribution >= 4 is 16.6 Å². The minimum Gasteiger partial charge on any atom is -0.398 e. The standard InChI is InChI=1S/C15H16N4/c1-2-14-17-8-9-19(14)10-11-5-6-13(16)12-4-3-7-18-15(11)12/h3-9H,2,10,16H2,1H3.